The second-order valence-electron chi connectivity index (χ2n) is 7.11. The van der Waals surface area contributed by atoms with E-state index in [0.29, 0.717) is 5.95 Å². The molecule has 0 fully saturated rings. The van der Waals surface area contributed by atoms with Gasteiger partial charge in [0.15, 0.2) is 5.65 Å². The van der Waals surface area contributed by atoms with Gasteiger partial charge in [-0.3, -0.25) is 0 Å². The second kappa shape index (κ2) is 7.91. The van der Waals surface area contributed by atoms with E-state index in [1.165, 1.54) is 12.0 Å². The summed E-state index contributed by atoms with van der Waals surface area (Å²) >= 11 is 1.83. The number of nitrogens with zero attached hydrogens (tertiary/aromatic N) is 6. The van der Waals surface area contributed by atoms with Gasteiger partial charge < -0.3 is 4.57 Å². The fraction of sp³-hybridized carbons (Fsp3) is 0.429. The fourth-order valence-corrected chi connectivity index (χ4v) is 4.14. The summed E-state index contributed by atoms with van der Waals surface area (Å²) in [4.78, 5) is 4.91. The van der Waals surface area contributed by atoms with E-state index in [9.17, 15) is 0 Å². The third-order valence-electron chi connectivity index (χ3n) is 5.29. The molecule has 1 aromatic carbocycles. The van der Waals surface area contributed by atoms with Crippen molar-refractivity contribution in [3.05, 3.63) is 41.2 Å². The number of fused-ring (bicyclic) bond motifs is 3. The SMILES string of the molecule is CCCCc1c(C)nn(-c2nnc3c4ccccc4n(CCSC)c3n2)c1C. The van der Waals surface area contributed by atoms with E-state index in [-0.39, 0.29) is 0 Å². The Kier molecular flexibility index (Phi) is 5.35. The van der Waals surface area contributed by atoms with E-state index >= 15 is 0 Å². The van der Waals surface area contributed by atoms with Crippen molar-refractivity contribution in [3.63, 3.8) is 0 Å². The maximum Gasteiger partial charge on any atom is 0.272 e. The predicted octanol–water partition coefficient (Wildman–Crippen LogP) is 4.49. The van der Waals surface area contributed by atoms with Crippen LogP contribution in [-0.4, -0.2) is 41.5 Å². The molecule has 0 aliphatic carbocycles. The Morgan fingerprint density at radius 1 is 1.11 bits per heavy atom. The summed E-state index contributed by atoms with van der Waals surface area (Å²) in [6.45, 7) is 7.27. The zero-order valence-electron chi connectivity index (χ0n) is 16.9. The van der Waals surface area contributed by atoms with Gasteiger partial charge in [-0.25, -0.2) is 4.68 Å². The number of hydrogen-bond acceptors (Lipinski definition) is 5. The minimum Gasteiger partial charge on any atom is -0.323 e. The van der Waals surface area contributed by atoms with Crippen molar-refractivity contribution >= 4 is 33.8 Å². The molecule has 0 spiro atoms. The molecule has 3 aromatic heterocycles. The van der Waals surface area contributed by atoms with E-state index < -0.39 is 0 Å². The molecule has 3 heterocycles. The zero-order valence-corrected chi connectivity index (χ0v) is 17.8. The Hall–Kier alpha value is -2.41. The molecule has 0 N–H and O–H groups in total. The second-order valence-corrected chi connectivity index (χ2v) is 8.10. The number of rotatable bonds is 7. The molecule has 0 radical (unpaired) electrons. The molecule has 28 heavy (non-hydrogen) atoms. The number of benzene rings is 1. The summed E-state index contributed by atoms with van der Waals surface area (Å²) in [6, 6.07) is 8.32. The van der Waals surface area contributed by atoms with Crippen molar-refractivity contribution in [3.8, 4) is 5.95 Å². The van der Waals surface area contributed by atoms with Crippen molar-refractivity contribution in [2.45, 2.75) is 46.6 Å². The Morgan fingerprint density at radius 2 is 1.93 bits per heavy atom. The molecule has 146 valence electrons. The molecule has 0 bridgehead atoms. The molecule has 0 saturated heterocycles. The maximum absolute atomic E-state index is 4.91. The van der Waals surface area contributed by atoms with Crippen LogP contribution in [0.4, 0.5) is 0 Å². The van der Waals surface area contributed by atoms with Crippen molar-refractivity contribution in [1.29, 1.82) is 0 Å². The monoisotopic (exact) mass is 394 g/mol. The summed E-state index contributed by atoms with van der Waals surface area (Å²) in [5, 5.41) is 14.8. The highest BCUT2D eigenvalue weighted by atomic mass is 32.2. The van der Waals surface area contributed by atoms with Crippen molar-refractivity contribution in [2.75, 3.05) is 12.0 Å². The van der Waals surface area contributed by atoms with Gasteiger partial charge in [0.05, 0.1) is 11.2 Å². The van der Waals surface area contributed by atoms with Gasteiger partial charge in [-0.15, -0.1) is 10.2 Å². The zero-order chi connectivity index (χ0) is 19.7. The van der Waals surface area contributed by atoms with Gasteiger partial charge in [0, 0.05) is 23.4 Å². The van der Waals surface area contributed by atoms with Crippen LogP contribution in [0.5, 0.6) is 0 Å². The third-order valence-corrected chi connectivity index (χ3v) is 5.88. The fourth-order valence-electron chi connectivity index (χ4n) is 3.78. The lowest BCUT2D eigenvalue weighted by atomic mass is 10.1. The van der Waals surface area contributed by atoms with E-state index in [0.717, 1.165) is 58.6 Å². The molecule has 0 atom stereocenters. The summed E-state index contributed by atoms with van der Waals surface area (Å²) in [5.74, 6) is 1.57. The topological polar surface area (TPSA) is 61.4 Å². The minimum absolute atomic E-state index is 0.545. The van der Waals surface area contributed by atoms with Crippen LogP contribution in [0.2, 0.25) is 0 Å². The highest BCUT2D eigenvalue weighted by Gasteiger charge is 2.18. The summed E-state index contributed by atoms with van der Waals surface area (Å²) < 4.78 is 4.10. The number of hydrogen-bond donors (Lipinski definition) is 0. The summed E-state index contributed by atoms with van der Waals surface area (Å²) in [5.41, 5.74) is 6.35. The molecule has 4 aromatic rings. The van der Waals surface area contributed by atoms with Gasteiger partial charge in [-0.05, 0) is 44.6 Å². The molecular formula is C21H26N6S. The van der Waals surface area contributed by atoms with Crippen LogP contribution >= 0.6 is 11.8 Å². The Labute approximate surface area is 169 Å². The number of unbranched alkanes of at least 4 members (excludes halogenated alkanes) is 1. The van der Waals surface area contributed by atoms with Crippen LogP contribution in [0.3, 0.4) is 0 Å². The first-order valence-corrected chi connectivity index (χ1v) is 11.2. The lowest BCUT2D eigenvalue weighted by Gasteiger charge is -2.06. The molecule has 0 saturated carbocycles. The number of thioether (sulfide) groups is 1. The lowest BCUT2D eigenvalue weighted by molar-refractivity contribution is 0.742. The lowest BCUT2D eigenvalue weighted by Crippen LogP contribution is -2.09. The molecule has 0 amide bonds. The summed E-state index contributed by atoms with van der Waals surface area (Å²) in [6.07, 6.45) is 5.50. The Morgan fingerprint density at radius 3 is 2.71 bits per heavy atom. The number of para-hydroxylation sites is 1. The van der Waals surface area contributed by atoms with Crippen LogP contribution in [-0.2, 0) is 13.0 Å². The van der Waals surface area contributed by atoms with Gasteiger partial charge in [0.2, 0.25) is 0 Å². The van der Waals surface area contributed by atoms with Crippen molar-refractivity contribution < 1.29 is 0 Å². The predicted molar refractivity (Wildman–Crippen MR) is 116 cm³/mol. The molecular weight excluding hydrogens is 368 g/mol. The normalized spacial score (nSPS) is 11.7. The van der Waals surface area contributed by atoms with E-state index in [4.69, 9.17) is 10.1 Å². The standard InChI is InChI=1S/C21H26N6S/c1-5-6-9-16-14(2)25-27(15(16)3)21-22-20-19(23-24-21)17-10-7-8-11-18(17)26(20)12-13-28-4/h7-8,10-11H,5-6,9,12-13H2,1-4H3. The molecule has 6 nitrogen and oxygen atoms in total. The van der Waals surface area contributed by atoms with E-state index in [1.807, 2.05) is 22.5 Å². The largest absolute Gasteiger partial charge is 0.323 e. The highest BCUT2D eigenvalue weighted by molar-refractivity contribution is 7.98. The van der Waals surface area contributed by atoms with Crippen LogP contribution in [0.1, 0.15) is 36.7 Å². The maximum atomic E-state index is 4.91. The molecule has 0 unspecified atom stereocenters. The van der Waals surface area contributed by atoms with Gasteiger partial charge in [-0.1, -0.05) is 31.5 Å². The van der Waals surface area contributed by atoms with Crippen LogP contribution in [0.25, 0.3) is 28.0 Å². The van der Waals surface area contributed by atoms with E-state index in [2.05, 4.69) is 60.0 Å². The first kappa shape index (κ1) is 18.9. The Bertz CT molecular complexity index is 1130. The molecule has 4 rings (SSSR count). The Balaban J connectivity index is 1.87. The molecule has 0 aliphatic rings. The highest BCUT2D eigenvalue weighted by Crippen LogP contribution is 2.27. The van der Waals surface area contributed by atoms with Crippen LogP contribution in [0.15, 0.2) is 24.3 Å². The van der Waals surface area contributed by atoms with Gasteiger partial charge in [-0.2, -0.15) is 21.8 Å². The quantitative estimate of drug-likeness (QED) is 0.462. The average molecular weight is 395 g/mol. The van der Waals surface area contributed by atoms with Crippen LogP contribution in [0, 0.1) is 13.8 Å². The smallest absolute Gasteiger partial charge is 0.272 e. The number of aromatic nitrogens is 6. The molecule has 0 aliphatic heterocycles. The average Bonchev–Trinajstić information content (AvgIpc) is 3.18. The van der Waals surface area contributed by atoms with Gasteiger partial charge in [0.1, 0.15) is 5.52 Å². The third kappa shape index (κ3) is 3.17. The van der Waals surface area contributed by atoms with Crippen molar-refractivity contribution in [2.24, 2.45) is 0 Å². The summed E-state index contributed by atoms with van der Waals surface area (Å²) in [7, 11) is 0. The van der Waals surface area contributed by atoms with Crippen LogP contribution < -0.4 is 0 Å². The first-order valence-electron chi connectivity index (χ1n) is 9.81. The minimum atomic E-state index is 0.545. The first-order chi connectivity index (χ1) is 13.7. The van der Waals surface area contributed by atoms with Crippen molar-refractivity contribution in [1.82, 2.24) is 29.5 Å². The van der Waals surface area contributed by atoms with Gasteiger partial charge in [0.25, 0.3) is 5.95 Å². The van der Waals surface area contributed by atoms with E-state index in [1.54, 1.807) is 0 Å². The van der Waals surface area contributed by atoms with Gasteiger partial charge >= 0.3 is 0 Å². The molecule has 7 heteroatoms. The number of aryl methyl sites for hydroxylation is 2.